The molecule has 3 N–H and O–H groups in total. The minimum absolute atomic E-state index is 0.0330. The van der Waals surface area contributed by atoms with Crippen LogP contribution in [0, 0.1) is 11.8 Å². The van der Waals surface area contributed by atoms with Crippen molar-refractivity contribution in [2.45, 2.75) is 46.7 Å². The normalized spacial score (nSPS) is 15.2. The Kier molecular flexibility index (Phi) is 5.50. The van der Waals surface area contributed by atoms with Gasteiger partial charge in [0.15, 0.2) is 5.78 Å². The van der Waals surface area contributed by atoms with E-state index in [1.165, 1.54) is 6.92 Å². The van der Waals surface area contributed by atoms with Crippen LogP contribution in [0.4, 0.5) is 0 Å². The summed E-state index contributed by atoms with van der Waals surface area (Å²) in [6.07, 6.45) is 0. The zero-order chi connectivity index (χ0) is 12.2. The first kappa shape index (κ1) is 14.1. The molecule has 88 valence electrons. The largest absolute Gasteiger partial charge is 0.345 e. The van der Waals surface area contributed by atoms with Gasteiger partial charge in [-0.1, -0.05) is 27.7 Å². The highest BCUT2D eigenvalue weighted by molar-refractivity contribution is 5.89. The Bertz CT molecular complexity index is 237. The second-order valence-corrected chi connectivity index (χ2v) is 4.61. The first-order chi connectivity index (χ1) is 6.77. The Morgan fingerprint density at radius 3 is 1.80 bits per heavy atom. The Morgan fingerprint density at radius 2 is 1.53 bits per heavy atom. The average molecular weight is 214 g/mol. The standard InChI is InChI=1S/C11H22N2O2/c1-6(2)9(12)11(15)13-10(7(3)4)8(5)14/h6-7,9-10H,12H2,1-5H3,(H,13,15). The maximum atomic E-state index is 11.6. The van der Waals surface area contributed by atoms with Gasteiger partial charge in [0.1, 0.15) is 0 Å². The van der Waals surface area contributed by atoms with Crippen LogP contribution in [0.5, 0.6) is 0 Å². The summed E-state index contributed by atoms with van der Waals surface area (Å²) in [5.74, 6) is -0.121. The Balaban J connectivity index is 4.43. The molecular weight excluding hydrogens is 192 g/mol. The zero-order valence-electron chi connectivity index (χ0n) is 10.2. The predicted octanol–water partition coefficient (Wildman–Crippen LogP) is 0.699. The number of nitrogens with two attached hydrogens (primary N) is 1. The summed E-state index contributed by atoms with van der Waals surface area (Å²) in [6.45, 7) is 9.02. The zero-order valence-corrected chi connectivity index (χ0v) is 10.2. The molecular formula is C11H22N2O2. The summed E-state index contributed by atoms with van der Waals surface area (Å²) in [7, 11) is 0. The van der Waals surface area contributed by atoms with Crippen molar-refractivity contribution < 1.29 is 9.59 Å². The molecule has 0 spiro atoms. The summed E-state index contributed by atoms with van der Waals surface area (Å²) in [5.41, 5.74) is 5.69. The number of rotatable bonds is 5. The molecule has 1 amide bonds. The van der Waals surface area contributed by atoms with Gasteiger partial charge in [0, 0.05) is 0 Å². The van der Waals surface area contributed by atoms with Gasteiger partial charge in [-0.25, -0.2) is 0 Å². The second kappa shape index (κ2) is 5.85. The Morgan fingerprint density at radius 1 is 1.07 bits per heavy atom. The van der Waals surface area contributed by atoms with Crippen LogP contribution in [0.3, 0.4) is 0 Å². The fraction of sp³-hybridized carbons (Fsp3) is 0.818. The van der Waals surface area contributed by atoms with Crippen LogP contribution in [0.1, 0.15) is 34.6 Å². The predicted molar refractivity (Wildman–Crippen MR) is 60.3 cm³/mol. The fourth-order valence-corrected chi connectivity index (χ4v) is 1.29. The number of ketones is 1. The third kappa shape index (κ3) is 4.42. The quantitative estimate of drug-likeness (QED) is 0.707. The van der Waals surface area contributed by atoms with E-state index < -0.39 is 12.1 Å². The van der Waals surface area contributed by atoms with Crippen molar-refractivity contribution >= 4 is 11.7 Å². The molecule has 0 radical (unpaired) electrons. The topological polar surface area (TPSA) is 72.2 Å². The van der Waals surface area contributed by atoms with Gasteiger partial charge < -0.3 is 11.1 Å². The SMILES string of the molecule is CC(=O)C(NC(=O)C(N)C(C)C)C(C)C. The van der Waals surface area contributed by atoms with Crippen molar-refractivity contribution in [2.75, 3.05) is 0 Å². The van der Waals surface area contributed by atoms with E-state index >= 15 is 0 Å². The van der Waals surface area contributed by atoms with Crippen molar-refractivity contribution in [2.24, 2.45) is 17.6 Å². The molecule has 2 atom stereocenters. The lowest BCUT2D eigenvalue weighted by molar-refractivity contribution is -0.129. The fourth-order valence-electron chi connectivity index (χ4n) is 1.29. The third-order valence-electron chi connectivity index (χ3n) is 2.42. The molecule has 0 saturated heterocycles. The molecule has 0 aromatic carbocycles. The van der Waals surface area contributed by atoms with Crippen LogP contribution in [0.2, 0.25) is 0 Å². The molecule has 0 heterocycles. The highest BCUT2D eigenvalue weighted by Gasteiger charge is 2.24. The van der Waals surface area contributed by atoms with Crippen LogP contribution in [-0.4, -0.2) is 23.8 Å². The van der Waals surface area contributed by atoms with Gasteiger partial charge in [-0.3, -0.25) is 9.59 Å². The second-order valence-electron chi connectivity index (χ2n) is 4.61. The van der Waals surface area contributed by atoms with Gasteiger partial charge in [-0.05, 0) is 18.8 Å². The minimum atomic E-state index is -0.550. The van der Waals surface area contributed by atoms with Gasteiger partial charge in [-0.15, -0.1) is 0 Å². The number of Topliss-reactive ketones (excluding diaryl/α,β-unsaturated/α-hetero) is 1. The molecule has 0 bridgehead atoms. The molecule has 0 aliphatic rings. The lowest BCUT2D eigenvalue weighted by Gasteiger charge is -2.23. The van der Waals surface area contributed by atoms with Gasteiger partial charge in [0.25, 0.3) is 0 Å². The molecule has 2 unspecified atom stereocenters. The van der Waals surface area contributed by atoms with Gasteiger partial charge >= 0.3 is 0 Å². The van der Waals surface area contributed by atoms with Gasteiger partial charge in [-0.2, -0.15) is 0 Å². The molecule has 15 heavy (non-hydrogen) atoms. The highest BCUT2D eigenvalue weighted by atomic mass is 16.2. The van der Waals surface area contributed by atoms with Crippen LogP contribution in [-0.2, 0) is 9.59 Å². The minimum Gasteiger partial charge on any atom is -0.345 e. The van der Waals surface area contributed by atoms with E-state index in [1.807, 2.05) is 27.7 Å². The van der Waals surface area contributed by atoms with Crippen molar-refractivity contribution in [1.82, 2.24) is 5.32 Å². The van der Waals surface area contributed by atoms with Gasteiger partial charge in [0.05, 0.1) is 12.1 Å². The molecule has 0 saturated carbocycles. The lowest BCUT2D eigenvalue weighted by Crippen LogP contribution is -2.51. The van der Waals surface area contributed by atoms with Crippen molar-refractivity contribution in [3.05, 3.63) is 0 Å². The van der Waals surface area contributed by atoms with E-state index in [9.17, 15) is 9.59 Å². The summed E-state index contributed by atoms with van der Waals surface area (Å²) >= 11 is 0. The lowest BCUT2D eigenvalue weighted by atomic mass is 9.98. The van der Waals surface area contributed by atoms with E-state index in [-0.39, 0.29) is 23.5 Å². The molecule has 0 fully saturated rings. The summed E-state index contributed by atoms with van der Waals surface area (Å²) in [4.78, 5) is 22.9. The summed E-state index contributed by atoms with van der Waals surface area (Å²) in [6, 6.07) is -0.979. The molecule has 4 heteroatoms. The van der Waals surface area contributed by atoms with Crippen LogP contribution < -0.4 is 11.1 Å². The first-order valence-electron chi connectivity index (χ1n) is 5.33. The maximum absolute atomic E-state index is 11.6. The molecule has 0 aliphatic carbocycles. The van der Waals surface area contributed by atoms with Crippen molar-refractivity contribution in [3.63, 3.8) is 0 Å². The average Bonchev–Trinajstić information content (AvgIpc) is 2.11. The van der Waals surface area contributed by atoms with Crippen molar-refractivity contribution in [3.8, 4) is 0 Å². The van der Waals surface area contributed by atoms with Crippen LogP contribution in [0.25, 0.3) is 0 Å². The number of amides is 1. The van der Waals surface area contributed by atoms with E-state index in [4.69, 9.17) is 5.73 Å². The monoisotopic (exact) mass is 214 g/mol. The molecule has 0 aromatic heterocycles. The number of carbonyl (C=O) groups is 2. The summed E-state index contributed by atoms with van der Waals surface area (Å²) in [5, 5.41) is 2.68. The smallest absolute Gasteiger partial charge is 0.237 e. The van der Waals surface area contributed by atoms with E-state index in [0.717, 1.165) is 0 Å². The number of nitrogens with one attached hydrogen (secondary N) is 1. The molecule has 0 aromatic rings. The first-order valence-corrected chi connectivity index (χ1v) is 5.33. The third-order valence-corrected chi connectivity index (χ3v) is 2.42. The van der Waals surface area contributed by atoms with Gasteiger partial charge in [0.2, 0.25) is 5.91 Å². The summed E-state index contributed by atoms with van der Waals surface area (Å²) < 4.78 is 0. The van der Waals surface area contributed by atoms with E-state index in [0.29, 0.717) is 0 Å². The van der Waals surface area contributed by atoms with Crippen LogP contribution in [0.15, 0.2) is 0 Å². The van der Waals surface area contributed by atoms with E-state index in [1.54, 1.807) is 0 Å². The maximum Gasteiger partial charge on any atom is 0.237 e. The number of hydrogen-bond donors (Lipinski definition) is 2. The molecule has 4 nitrogen and oxygen atoms in total. The van der Waals surface area contributed by atoms with E-state index in [2.05, 4.69) is 5.32 Å². The Labute approximate surface area is 91.6 Å². The number of hydrogen-bond acceptors (Lipinski definition) is 3. The van der Waals surface area contributed by atoms with Crippen molar-refractivity contribution in [1.29, 1.82) is 0 Å². The Hall–Kier alpha value is -0.900. The van der Waals surface area contributed by atoms with Crippen LogP contribution >= 0.6 is 0 Å². The molecule has 0 rings (SSSR count). The number of carbonyl (C=O) groups excluding carboxylic acids is 2. The molecule has 0 aliphatic heterocycles. The highest BCUT2D eigenvalue weighted by Crippen LogP contribution is 2.05.